The molecule has 3 rings (SSSR count). The third-order valence-corrected chi connectivity index (χ3v) is 5.03. The minimum Gasteiger partial charge on any atom is -0.324 e. The van der Waals surface area contributed by atoms with Gasteiger partial charge in [0.05, 0.1) is 5.69 Å². The quantitative estimate of drug-likeness (QED) is 0.884. The molecular weight excluding hydrogens is 326 g/mol. The van der Waals surface area contributed by atoms with Crippen LogP contribution in [0.5, 0.6) is 0 Å². The fourth-order valence-electron chi connectivity index (χ4n) is 3.68. The molecule has 2 heterocycles. The van der Waals surface area contributed by atoms with Crippen LogP contribution in [0.25, 0.3) is 0 Å². The first-order valence-corrected chi connectivity index (χ1v) is 9.25. The smallest absolute Gasteiger partial charge is 0.255 e. The van der Waals surface area contributed by atoms with E-state index >= 15 is 0 Å². The van der Waals surface area contributed by atoms with Crippen LogP contribution in [0.4, 0.5) is 5.69 Å². The second-order valence-corrected chi connectivity index (χ2v) is 7.45. The molecule has 0 aliphatic carbocycles. The number of likely N-dealkylation sites (tertiary alicyclic amines) is 1. The number of aromatic amines is 1. The first-order valence-electron chi connectivity index (χ1n) is 9.25. The van der Waals surface area contributed by atoms with E-state index in [2.05, 4.69) is 22.1 Å². The summed E-state index contributed by atoms with van der Waals surface area (Å²) >= 11 is 0. The number of hydrogen-bond donors (Lipinski definition) is 2. The molecule has 1 aromatic carbocycles. The van der Waals surface area contributed by atoms with Gasteiger partial charge in [0.25, 0.3) is 5.91 Å². The summed E-state index contributed by atoms with van der Waals surface area (Å²) in [5.41, 5.74) is 3.78. The highest BCUT2D eigenvalue weighted by atomic mass is 16.1. The summed E-state index contributed by atoms with van der Waals surface area (Å²) in [6, 6.07) is 9.29. The van der Waals surface area contributed by atoms with Gasteiger partial charge in [0.1, 0.15) is 0 Å². The Labute approximate surface area is 154 Å². The van der Waals surface area contributed by atoms with Crippen LogP contribution >= 0.6 is 0 Å². The Kier molecular flexibility index (Phi) is 5.57. The van der Waals surface area contributed by atoms with Gasteiger partial charge < -0.3 is 10.3 Å². The van der Waals surface area contributed by atoms with E-state index < -0.39 is 0 Å². The van der Waals surface area contributed by atoms with Crippen LogP contribution in [0.15, 0.2) is 35.1 Å². The van der Waals surface area contributed by atoms with Crippen molar-refractivity contribution in [2.24, 2.45) is 5.92 Å². The number of H-pyrrole nitrogens is 1. The molecule has 1 saturated heterocycles. The summed E-state index contributed by atoms with van der Waals surface area (Å²) < 4.78 is 0. The van der Waals surface area contributed by atoms with Crippen LogP contribution in [0, 0.1) is 19.8 Å². The van der Waals surface area contributed by atoms with Gasteiger partial charge >= 0.3 is 0 Å². The van der Waals surface area contributed by atoms with Crippen molar-refractivity contribution in [1.29, 1.82) is 0 Å². The molecule has 1 amide bonds. The zero-order valence-corrected chi connectivity index (χ0v) is 15.8. The van der Waals surface area contributed by atoms with Crippen molar-refractivity contribution in [3.05, 3.63) is 63.1 Å². The van der Waals surface area contributed by atoms with Gasteiger partial charge in [-0.2, -0.15) is 0 Å². The van der Waals surface area contributed by atoms with E-state index in [0.717, 1.165) is 31.1 Å². The average molecular weight is 353 g/mol. The number of benzene rings is 1. The van der Waals surface area contributed by atoms with Crippen LogP contribution in [-0.4, -0.2) is 28.9 Å². The number of hydrogen-bond acceptors (Lipinski definition) is 3. The highest BCUT2D eigenvalue weighted by Gasteiger charge is 2.16. The number of rotatable bonds is 4. The number of anilines is 1. The molecule has 5 heteroatoms. The van der Waals surface area contributed by atoms with Gasteiger partial charge in [-0.1, -0.05) is 19.1 Å². The number of aromatic nitrogens is 1. The van der Waals surface area contributed by atoms with Crippen molar-refractivity contribution in [3.8, 4) is 0 Å². The first-order chi connectivity index (χ1) is 12.4. The van der Waals surface area contributed by atoms with E-state index in [-0.39, 0.29) is 11.5 Å². The molecular formula is C21H27N3O2. The average Bonchev–Trinajstić information content (AvgIpc) is 2.58. The number of carbonyl (C=O) groups is 1. The molecule has 2 aromatic rings. The summed E-state index contributed by atoms with van der Waals surface area (Å²) in [6.45, 7) is 9.14. The lowest BCUT2D eigenvalue weighted by atomic mass is 9.99. The lowest BCUT2D eigenvalue weighted by Crippen LogP contribution is -2.33. The van der Waals surface area contributed by atoms with E-state index in [4.69, 9.17) is 0 Å². The van der Waals surface area contributed by atoms with Crippen molar-refractivity contribution in [2.45, 2.75) is 40.2 Å². The predicted octanol–water partition coefficient (Wildman–Crippen LogP) is 3.48. The molecule has 1 atom stereocenters. The summed E-state index contributed by atoms with van der Waals surface area (Å²) in [6.07, 6.45) is 2.58. The van der Waals surface area contributed by atoms with Crippen LogP contribution in [-0.2, 0) is 6.54 Å². The Hall–Kier alpha value is -2.40. The lowest BCUT2D eigenvalue weighted by Gasteiger charge is -2.30. The molecule has 0 radical (unpaired) electrons. The SMILES string of the molecule is Cc1cc(=O)[nH]c(C)c1NC(=O)c1ccc(CN2CCC[C@@H](C)C2)cc1. The Balaban J connectivity index is 1.66. The number of nitrogens with one attached hydrogen (secondary N) is 2. The number of carbonyl (C=O) groups excluding carboxylic acids is 1. The zero-order valence-electron chi connectivity index (χ0n) is 15.8. The summed E-state index contributed by atoms with van der Waals surface area (Å²) in [5, 5.41) is 2.91. The number of aryl methyl sites for hydroxylation is 2. The fourth-order valence-corrected chi connectivity index (χ4v) is 3.68. The summed E-state index contributed by atoms with van der Waals surface area (Å²) in [7, 11) is 0. The van der Waals surface area contributed by atoms with Gasteiger partial charge in [-0.25, -0.2) is 0 Å². The summed E-state index contributed by atoms with van der Waals surface area (Å²) in [5.74, 6) is 0.596. The van der Waals surface area contributed by atoms with Gasteiger partial charge in [0.2, 0.25) is 5.56 Å². The van der Waals surface area contributed by atoms with Gasteiger partial charge in [0, 0.05) is 30.4 Å². The molecule has 1 aliphatic rings. The Morgan fingerprint density at radius 1 is 1.27 bits per heavy atom. The highest BCUT2D eigenvalue weighted by molar-refractivity contribution is 6.04. The van der Waals surface area contributed by atoms with Crippen molar-refractivity contribution in [2.75, 3.05) is 18.4 Å². The zero-order chi connectivity index (χ0) is 18.7. The highest BCUT2D eigenvalue weighted by Crippen LogP contribution is 2.19. The normalized spacial score (nSPS) is 17.9. The molecule has 26 heavy (non-hydrogen) atoms. The molecule has 0 bridgehead atoms. The lowest BCUT2D eigenvalue weighted by molar-refractivity contribution is 0.102. The molecule has 1 fully saturated rings. The van der Waals surface area contributed by atoms with Crippen LogP contribution in [0.2, 0.25) is 0 Å². The van der Waals surface area contributed by atoms with Crippen molar-refractivity contribution in [1.82, 2.24) is 9.88 Å². The second-order valence-electron chi connectivity index (χ2n) is 7.45. The third kappa shape index (κ3) is 4.41. The fraction of sp³-hybridized carbons (Fsp3) is 0.429. The minimum atomic E-state index is -0.165. The molecule has 5 nitrogen and oxygen atoms in total. The minimum absolute atomic E-state index is 0.158. The molecule has 138 valence electrons. The van der Waals surface area contributed by atoms with E-state index in [9.17, 15) is 9.59 Å². The van der Waals surface area contributed by atoms with Crippen molar-refractivity contribution >= 4 is 11.6 Å². The Bertz CT molecular complexity index is 813. The van der Waals surface area contributed by atoms with E-state index in [1.165, 1.54) is 24.5 Å². The van der Waals surface area contributed by atoms with E-state index in [1.54, 1.807) is 6.92 Å². The molecule has 1 aliphatic heterocycles. The van der Waals surface area contributed by atoms with Gasteiger partial charge in [-0.05, 0) is 62.4 Å². The van der Waals surface area contributed by atoms with E-state index in [1.807, 2.05) is 31.2 Å². The summed E-state index contributed by atoms with van der Waals surface area (Å²) in [4.78, 5) is 29.2. The largest absolute Gasteiger partial charge is 0.324 e. The van der Waals surface area contributed by atoms with Crippen LogP contribution in [0.3, 0.4) is 0 Å². The maximum absolute atomic E-state index is 12.5. The molecule has 0 saturated carbocycles. The Morgan fingerprint density at radius 3 is 2.65 bits per heavy atom. The van der Waals surface area contributed by atoms with Gasteiger partial charge in [-0.15, -0.1) is 0 Å². The van der Waals surface area contributed by atoms with E-state index in [0.29, 0.717) is 16.9 Å². The van der Waals surface area contributed by atoms with Crippen LogP contribution in [0.1, 0.15) is 46.9 Å². The maximum atomic E-state index is 12.5. The van der Waals surface area contributed by atoms with Crippen molar-refractivity contribution < 1.29 is 4.79 Å². The number of nitrogens with zero attached hydrogens (tertiary/aromatic N) is 1. The van der Waals surface area contributed by atoms with Gasteiger partial charge in [-0.3, -0.25) is 14.5 Å². The number of pyridine rings is 1. The molecule has 0 unspecified atom stereocenters. The number of amides is 1. The standard InChI is InChI=1S/C21H27N3O2/c1-14-5-4-10-24(12-14)13-17-6-8-18(9-7-17)21(26)23-20-15(2)11-19(25)22-16(20)3/h6-9,11,14H,4-5,10,12-13H2,1-3H3,(H,22,25)(H,23,26)/t14-/m1/s1. The second kappa shape index (κ2) is 7.87. The maximum Gasteiger partial charge on any atom is 0.255 e. The monoisotopic (exact) mass is 353 g/mol. The van der Waals surface area contributed by atoms with Crippen LogP contribution < -0.4 is 10.9 Å². The predicted molar refractivity (Wildman–Crippen MR) is 105 cm³/mol. The first kappa shape index (κ1) is 18.4. The third-order valence-electron chi connectivity index (χ3n) is 5.03. The van der Waals surface area contributed by atoms with Crippen molar-refractivity contribution in [3.63, 3.8) is 0 Å². The molecule has 1 aromatic heterocycles. The topological polar surface area (TPSA) is 65.2 Å². The van der Waals surface area contributed by atoms with Gasteiger partial charge in [0.15, 0.2) is 0 Å². The molecule has 2 N–H and O–H groups in total. The molecule has 0 spiro atoms. The Morgan fingerprint density at radius 2 is 2.00 bits per heavy atom. The number of piperidine rings is 1.